The Labute approximate surface area is 194 Å². The third-order valence-electron chi connectivity index (χ3n) is 4.26. The summed E-state index contributed by atoms with van der Waals surface area (Å²) >= 11 is 3.59. The lowest BCUT2D eigenvalue weighted by Crippen LogP contribution is -2.15. The molecule has 0 saturated carbocycles. The van der Waals surface area contributed by atoms with Crippen LogP contribution in [-0.4, -0.2) is 26.4 Å². The highest BCUT2D eigenvalue weighted by Gasteiger charge is 2.14. The first kappa shape index (κ1) is 22.4. The van der Waals surface area contributed by atoms with Gasteiger partial charge in [0.1, 0.15) is 12.4 Å². The highest BCUT2D eigenvalue weighted by molar-refractivity contribution is 14.1. The number of aryl methyl sites for hydroxylation is 2. The van der Waals surface area contributed by atoms with Gasteiger partial charge < -0.3 is 10.1 Å². The summed E-state index contributed by atoms with van der Waals surface area (Å²) in [4.78, 5) is 12.4. The van der Waals surface area contributed by atoms with Crippen LogP contribution in [0.5, 0.6) is 5.75 Å². The summed E-state index contributed by atoms with van der Waals surface area (Å²) in [7, 11) is 0. The molecule has 8 heteroatoms. The molecule has 30 heavy (non-hydrogen) atoms. The minimum atomic E-state index is -0.0879. The Hall–Kier alpha value is -2.33. The average Bonchev–Trinajstić information content (AvgIpc) is 3.09. The van der Waals surface area contributed by atoms with Gasteiger partial charge in [0.2, 0.25) is 5.91 Å². The van der Waals surface area contributed by atoms with E-state index >= 15 is 0 Å². The van der Waals surface area contributed by atoms with E-state index in [-0.39, 0.29) is 11.7 Å². The molecule has 3 rings (SSSR count). The summed E-state index contributed by atoms with van der Waals surface area (Å²) in [6, 6.07) is 13.8. The first-order chi connectivity index (χ1) is 14.5. The van der Waals surface area contributed by atoms with Gasteiger partial charge in [-0.2, -0.15) is 0 Å². The molecular weight excluding hydrogens is 511 g/mol. The normalized spacial score (nSPS) is 10.6. The van der Waals surface area contributed by atoms with E-state index in [0.717, 1.165) is 26.1 Å². The quantitative estimate of drug-likeness (QED) is 0.238. The first-order valence-electron chi connectivity index (χ1n) is 9.37. The molecule has 0 aliphatic rings. The number of allylic oxidation sites excluding steroid dienone is 1. The Balaban J connectivity index is 1.62. The molecule has 2 aromatic carbocycles. The van der Waals surface area contributed by atoms with Crippen LogP contribution in [-0.2, 0) is 17.9 Å². The molecule has 3 aromatic rings. The predicted octanol–water partition coefficient (Wildman–Crippen LogP) is 5.00. The first-order valence-corrected chi connectivity index (χ1v) is 11.4. The fourth-order valence-electron chi connectivity index (χ4n) is 2.78. The van der Waals surface area contributed by atoms with Crippen molar-refractivity contribution in [3.05, 3.63) is 75.6 Å². The van der Waals surface area contributed by atoms with E-state index in [4.69, 9.17) is 4.74 Å². The van der Waals surface area contributed by atoms with Gasteiger partial charge in [-0.3, -0.25) is 9.36 Å². The molecule has 0 spiro atoms. The van der Waals surface area contributed by atoms with Crippen molar-refractivity contribution in [2.75, 3.05) is 11.1 Å². The van der Waals surface area contributed by atoms with Gasteiger partial charge in [-0.25, -0.2) is 0 Å². The monoisotopic (exact) mass is 534 g/mol. The van der Waals surface area contributed by atoms with Crippen LogP contribution in [0.3, 0.4) is 0 Å². The lowest BCUT2D eigenvalue weighted by Gasteiger charge is -2.10. The van der Waals surface area contributed by atoms with Crippen molar-refractivity contribution in [3.63, 3.8) is 0 Å². The number of amides is 1. The molecule has 0 unspecified atom stereocenters. The van der Waals surface area contributed by atoms with Crippen LogP contribution in [0.4, 0.5) is 5.69 Å². The maximum Gasteiger partial charge on any atom is 0.234 e. The van der Waals surface area contributed by atoms with Crippen LogP contribution < -0.4 is 10.1 Å². The maximum atomic E-state index is 12.4. The van der Waals surface area contributed by atoms with Crippen LogP contribution in [0.1, 0.15) is 17.0 Å². The molecule has 0 atom stereocenters. The topological polar surface area (TPSA) is 69.0 Å². The Morgan fingerprint density at radius 3 is 2.83 bits per heavy atom. The SMILES string of the molecule is C=CCn1c(COc2cccc(C)c2)nnc1SCC(=O)Nc1ccc(I)cc1C. The largest absolute Gasteiger partial charge is 0.486 e. The molecular formula is C22H23IN4O2S. The minimum absolute atomic E-state index is 0.0879. The molecule has 1 heterocycles. The summed E-state index contributed by atoms with van der Waals surface area (Å²) in [5.41, 5.74) is 2.98. The van der Waals surface area contributed by atoms with Crippen LogP contribution in [0.15, 0.2) is 60.3 Å². The molecule has 0 bridgehead atoms. The van der Waals surface area contributed by atoms with Crippen LogP contribution in [0.25, 0.3) is 0 Å². The number of nitrogens with one attached hydrogen (secondary N) is 1. The van der Waals surface area contributed by atoms with Gasteiger partial charge in [-0.1, -0.05) is 30.0 Å². The number of carbonyl (C=O) groups excluding carboxylic acids is 1. The van der Waals surface area contributed by atoms with Crippen molar-refractivity contribution in [2.24, 2.45) is 0 Å². The summed E-state index contributed by atoms with van der Waals surface area (Å²) in [6.07, 6.45) is 1.78. The lowest BCUT2D eigenvalue weighted by atomic mass is 10.2. The highest BCUT2D eigenvalue weighted by Crippen LogP contribution is 2.21. The molecule has 156 valence electrons. The number of ether oxygens (including phenoxy) is 1. The molecule has 0 aliphatic heterocycles. The van der Waals surface area contributed by atoms with Gasteiger partial charge in [0.25, 0.3) is 0 Å². The third kappa shape index (κ3) is 6.09. The standard InChI is InChI=1S/C22H23IN4O2S/c1-4-10-27-20(13-29-18-7-5-6-15(2)11-18)25-26-22(27)30-14-21(28)24-19-9-8-17(23)12-16(19)3/h4-9,11-12H,1,10,13-14H2,2-3H3,(H,24,28). The van der Waals surface area contributed by atoms with E-state index in [9.17, 15) is 4.79 Å². The lowest BCUT2D eigenvalue weighted by molar-refractivity contribution is -0.113. The molecule has 0 fully saturated rings. The highest BCUT2D eigenvalue weighted by atomic mass is 127. The predicted molar refractivity (Wildman–Crippen MR) is 129 cm³/mol. The van der Waals surface area contributed by atoms with Crippen molar-refractivity contribution < 1.29 is 9.53 Å². The Morgan fingerprint density at radius 2 is 2.10 bits per heavy atom. The minimum Gasteiger partial charge on any atom is -0.486 e. The van der Waals surface area contributed by atoms with Gasteiger partial charge in [0, 0.05) is 15.8 Å². The number of thioether (sulfide) groups is 1. The second-order valence-corrected chi connectivity index (χ2v) is 8.89. The number of rotatable bonds is 9. The van der Waals surface area contributed by atoms with E-state index in [2.05, 4.69) is 44.7 Å². The van der Waals surface area contributed by atoms with Gasteiger partial charge in [0.15, 0.2) is 11.0 Å². The van der Waals surface area contributed by atoms with Gasteiger partial charge in [0.05, 0.1) is 5.75 Å². The number of nitrogens with zero attached hydrogens (tertiary/aromatic N) is 3. The second kappa shape index (κ2) is 10.6. The van der Waals surface area contributed by atoms with Crippen LogP contribution >= 0.6 is 34.4 Å². The summed E-state index contributed by atoms with van der Waals surface area (Å²) in [5, 5.41) is 12.1. The van der Waals surface area contributed by atoms with Gasteiger partial charge >= 0.3 is 0 Å². The molecule has 0 aliphatic carbocycles. The van der Waals surface area contributed by atoms with Crippen molar-refractivity contribution in [3.8, 4) is 5.75 Å². The Bertz CT molecular complexity index is 1050. The number of hydrogen-bond acceptors (Lipinski definition) is 5. The van der Waals surface area contributed by atoms with Crippen molar-refractivity contribution in [1.82, 2.24) is 14.8 Å². The number of aromatic nitrogens is 3. The maximum absolute atomic E-state index is 12.4. The van der Waals surface area contributed by atoms with Crippen LogP contribution in [0, 0.1) is 17.4 Å². The fourth-order valence-corrected chi connectivity index (χ4v) is 4.20. The summed E-state index contributed by atoms with van der Waals surface area (Å²) in [5.74, 6) is 1.62. The van der Waals surface area contributed by atoms with Crippen molar-refractivity contribution in [1.29, 1.82) is 0 Å². The number of carbonyl (C=O) groups is 1. The van der Waals surface area contributed by atoms with E-state index in [1.165, 1.54) is 11.8 Å². The zero-order valence-corrected chi connectivity index (χ0v) is 19.9. The smallest absolute Gasteiger partial charge is 0.234 e. The second-order valence-electron chi connectivity index (χ2n) is 6.70. The fraction of sp³-hybridized carbons (Fsp3) is 0.227. The molecule has 0 saturated heterocycles. The molecule has 6 nitrogen and oxygen atoms in total. The number of halogens is 1. The van der Waals surface area contributed by atoms with Crippen molar-refractivity contribution >= 4 is 45.9 Å². The van der Waals surface area contributed by atoms with E-state index in [1.54, 1.807) is 6.08 Å². The Morgan fingerprint density at radius 1 is 1.27 bits per heavy atom. The zero-order valence-electron chi connectivity index (χ0n) is 16.9. The van der Waals surface area contributed by atoms with Gasteiger partial charge in [-0.15, -0.1) is 16.8 Å². The van der Waals surface area contributed by atoms with Crippen LogP contribution in [0.2, 0.25) is 0 Å². The number of benzene rings is 2. The molecule has 1 amide bonds. The summed E-state index contributed by atoms with van der Waals surface area (Å²) in [6.45, 7) is 8.64. The molecule has 1 aromatic heterocycles. The third-order valence-corrected chi connectivity index (χ3v) is 5.90. The number of anilines is 1. The Kier molecular flexibility index (Phi) is 7.92. The average molecular weight is 534 g/mol. The van der Waals surface area contributed by atoms with E-state index < -0.39 is 0 Å². The molecule has 0 radical (unpaired) electrons. The molecule has 1 N–H and O–H groups in total. The van der Waals surface area contributed by atoms with Gasteiger partial charge in [-0.05, 0) is 77.9 Å². The summed E-state index contributed by atoms with van der Waals surface area (Å²) < 4.78 is 8.90. The van der Waals surface area contributed by atoms with E-state index in [0.29, 0.717) is 24.1 Å². The zero-order chi connectivity index (χ0) is 21.5. The number of hydrogen-bond donors (Lipinski definition) is 1. The van der Waals surface area contributed by atoms with Crippen molar-refractivity contribution in [2.45, 2.75) is 32.2 Å². The van der Waals surface area contributed by atoms with E-state index in [1.807, 2.05) is 60.9 Å².